The van der Waals surface area contributed by atoms with E-state index >= 15 is 0 Å². The van der Waals surface area contributed by atoms with Gasteiger partial charge in [-0.25, -0.2) is 0 Å². The van der Waals surface area contributed by atoms with Gasteiger partial charge in [-0.2, -0.15) is 0 Å². The van der Waals surface area contributed by atoms with Gasteiger partial charge in [0.25, 0.3) is 0 Å². The van der Waals surface area contributed by atoms with Crippen LogP contribution < -0.4 is 11.1 Å². The molecule has 0 aliphatic heterocycles. The highest BCUT2D eigenvalue weighted by Crippen LogP contribution is 2.44. The van der Waals surface area contributed by atoms with E-state index < -0.39 is 0 Å². The third-order valence-electron chi connectivity index (χ3n) is 3.67. The lowest BCUT2D eigenvalue weighted by Crippen LogP contribution is -2.30. The van der Waals surface area contributed by atoms with Crippen molar-refractivity contribution in [2.24, 2.45) is 16.6 Å². The van der Waals surface area contributed by atoms with Crippen LogP contribution in [0.3, 0.4) is 0 Å². The molecule has 0 aromatic carbocycles. The molecule has 0 atom stereocenters. The second-order valence-corrected chi connectivity index (χ2v) is 6.29. The highest BCUT2D eigenvalue weighted by molar-refractivity contribution is 5.75. The Balaban J connectivity index is 2.14. The van der Waals surface area contributed by atoms with Gasteiger partial charge in [-0.05, 0) is 43.1 Å². The molecule has 1 aliphatic carbocycles. The molecule has 0 spiro atoms. The van der Waals surface area contributed by atoms with Gasteiger partial charge in [-0.1, -0.05) is 20.8 Å². The van der Waals surface area contributed by atoms with E-state index in [0.29, 0.717) is 18.4 Å². The third kappa shape index (κ3) is 4.97. The number of amides is 1. The standard InChI is InChI=1S/C13H26N2O/c1-12(2,8-9-14)5-4-11(16)15-10-13(3)6-7-13/h4-10,14H2,1-3H3,(H,15,16). The molecule has 0 radical (unpaired) electrons. The van der Waals surface area contributed by atoms with Crippen LogP contribution in [0.1, 0.15) is 52.9 Å². The van der Waals surface area contributed by atoms with Crippen molar-refractivity contribution in [2.75, 3.05) is 13.1 Å². The summed E-state index contributed by atoms with van der Waals surface area (Å²) in [5, 5.41) is 3.03. The average molecular weight is 226 g/mol. The van der Waals surface area contributed by atoms with Crippen molar-refractivity contribution in [3.63, 3.8) is 0 Å². The van der Waals surface area contributed by atoms with E-state index in [1.54, 1.807) is 0 Å². The molecule has 0 unspecified atom stereocenters. The monoisotopic (exact) mass is 226 g/mol. The van der Waals surface area contributed by atoms with E-state index in [2.05, 4.69) is 26.1 Å². The zero-order valence-electron chi connectivity index (χ0n) is 10.9. The van der Waals surface area contributed by atoms with Crippen molar-refractivity contribution in [3.8, 4) is 0 Å². The SMILES string of the molecule is CC(C)(CCN)CCC(=O)NCC1(C)CC1. The summed E-state index contributed by atoms with van der Waals surface area (Å²) in [6, 6.07) is 0. The Kier molecular flexibility index (Phi) is 4.36. The lowest BCUT2D eigenvalue weighted by Gasteiger charge is -2.23. The zero-order chi connectivity index (χ0) is 12.2. The smallest absolute Gasteiger partial charge is 0.220 e. The van der Waals surface area contributed by atoms with Crippen LogP contribution in [-0.4, -0.2) is 19.0 Å². The molecule has 1 fully saturated rings. The van der Waals surface area contributed by atoms with Gasteiger partial charge < -0.3 is 11.1 Å². The Bertz CT molecular complexity index is 244. The van der Waals surface area contributed by atoms with Crippen LogP contribution in [0.2, 0.25) is 0 Å². The Labute approximate surface area is 99.2 Å². The first kappa shape index (κ1) is 13.5. The Morgan fingerprint density at radius 1 is 1.38 bits per heavy atom. The molecule has 0 aromatic heterocycles. The molecular weight excluding hydrogens is 200 g/mol. The van der Waals surface area contributed by atoms with Crippen LogP contribution in [0.15, 0.2) is 0 Å². The van der Waals surface area contributed by atoms with Gasteiger partial charge in [0.05, 0.1) is 0 Å². The Morgan fingerprint density at radius 3 is 2.50 bits per heavy atom. The van der Waals surface area contributed by atoms with Crippen molar-refractivity contribution in [1.29, 1.82) is 0 Å². The molecule has 1 rings (SSSR count). The molecule has 1 amide bonds. The number of nitrogens with two attached hydrogens (primary N) is 1. The summed E-state index contributed by atoms with van der Waals surface area (Å²) in [4.78, 5) is 11.6. The molecule has 94 valence electrons. The second kappa shape index (κ2) is 5.17. The van der Waals surface area contributed by atoms with E-state index in [0.717, 1.165) is 19.4 Å². The van der Waals surface area contributed by atoms with E-state index in [1.807, 2.05) is 0 Å². The second-order valence-electron chi connectivity index (χ2n) is 6.29. The number of rotatable bonds is 7. The summed E-state index contributed by atoms with van der Waals surface area (Å²) in [6.07, 6.45) is 5.05. The highest BCUT2D eigenvalue weighted by atomic mass is 16.1. The van der Waals surface area contributed by atoms with Crippen LogP contribution in [0, 0.1) is 10.8 Å². The molecule has 0 heterocycles. The van der Waals surface area contributed by atoms with E-state index in [4.69, 9.17) is 5.73 Å². The molecular formula is C13H26N2O. The Hall–Kier alpha value is -0.570. The molecule has 1 aliphatic rings. The number of hydrogen-bond donors (Lipinski definition) is 2. The van der Waals surface area contributed by atoms with Gasteiger partial charge in [0.15, 0.2) is 0 Å². The normalized spacial score (nSPS) is 18.2. The van der Waals surface area contributed by atoms with Gasteiger partial charge >= 0.3 is 0 Å². The average Bonchev–Trinajstić information content (AvgIpc) is 2.91. The van der Waals surface area contributed by atoms with Gasteiger partial charge in [0.2, 0.25) is 5.91 Å². The maximum atomic E-state index is 11.6. The minimum atomic E-state index is 0.190. The minimum Gasteiger partial charge on any atom is -0.356 e. The maximum Gasteiger partial charge on any atom is 0.220 e. The van der Waals surface area contributed by atoms with Crippen LogP contribution in [0.25, 0.3) is 0 Å². The molecule has 3 nitrogen and oxygen atoms in total. The largest absolute Gasteiger partial charge is 0.356 e. The molecule has 0 aromatic rings. The molecule has 16 heavy (non-hydrogen) atoms. The van der Waals surface area contributed by atoms with Crippen LogP contribution in [0.4, 0.5) is 0 Å². The molecule has 1 saturated carbocycles. The number of carbonyl (C=O) groups is 1. The van der Waals surface area contributed by atoms with Crippen molar-refractivity contribution >= 4 is 5.91 Å². The first-order valence-corrected chi connectivity index (χ1v) is 6.34. The van der Waals surface area contributed by atoms with Gasteiger partial charge in [0, 0.05) is 13.0 Å². The summed E-state index contributed by atoms with van der Waals surface area (Å²) < 4.78 is 0. The molecule has 3 N–H and O–H groups in total. The maximum absolute atomic E-state index is 11.6. The van der Waals surface area contributed by atoms with E-state index in [-0.39, 0.29) is 11.3 Å². The first-order chi connectivity index (χ1) is 7.37. The van der Waals surface area contributed by atoms with Gasteiger partial charge in [-0.3, -0.25) is 4.79 Å². The lowest BCUT2D eigenvalue weighted by atomic mass is 9.84. The van der Waals surface area contributed by atoms with E-state index in [1.165, 1.54) is 12.8 Å². The Morgan fingerprint density at radius 2 is 2.00 bits per heavy atom. The lowest BCUT2D eigenvalue weighted by molar-refractivity contribution is -0.121. The van der Waals surface area contributed by atoms with Crippen LogP contribution in [-0.2, 0) is 4.79 Å². The summed E-state index contributed by atoms with van der Waals surface area (Å²) in [7, 11) is 0. The van der Waals surface area contributed by atoms with Crippen LogP contribution >= 0.6 is 0 Å². The van der Waals surface area contributed by atoms with Crippen molar-refractivity contribution in [3.05, 3.63) is 0 Å². The number of hydrogen-bond acceptors (Lipinski definition) is 2. The highest BCUT2D eigenvalue weighted by Gasteiger charge is 2.37. The quantitative estimate of drug-likeness (QED) is 0.698. The van der Waals surface area contributed by atoms with Gasteiger partial charge in [-0.15, -0.1) is 0 Å². The fourth-order valence-corrected chi connectivity index (χ4v) is 1.76. The minimum absolute atomic E-state index is 0.190. The summed E-state index contributed by atoms with van der Waals surface area (Å²) in [6.45, 7) is 8.13. The first-order valence-electron chi connectivity index (χ1n) is 6.34. The zero-order valence-corrected chi connectivity index (χ0v) is 10.9. The fourth-order valence-electron chi connectivity index (χ4n) is 1.76. The fraction of sp³-hybridized carbons (Fsp3) is 0.923. The van der Waals surface area contributed by atoms with Crippen molar-refractivity contribution in [2.45, 2.75) is 52.9 Å². The van der Waals surface area contributed by atoms with Gasteiger partial charge in [0.1, 0.15) is 0 Å². The summed E-state index contributed by atoms with van der Waals surface area (Å²) in [5.41, 5.74) is 6.14. The predicted molar refractivity (Wildman–Crippen MR) is 67.0 cm³/mol. The molecule has 0 bridgehead atoms. The van der Waals surface area contributed by atoms with Crippen LogP contribution in [0.5, 0.6) is 0 Å². The summed E-state index contributed by atoms with van der Waals surface area (Å²) in [5.74, 6) is 0.193. The predicted octanol–water partition coefficient (Wildman–Crippen LogP) is 2.06. The van der Waals surface area contributed by atoms with E-state index in [9.17, 15) is 4.79 Å². The topological polar surface area (TPSA) is 55.1 Å². The molecule has 0 saturated heterocycles. The number of nitrogens with one attached hydrogen (secondary N) is 1. The van der Waals surface area contributed by atoms with Crippen molar-refractivity contribution < 1.29 is 4.79 Å². The summed E-state index contributed by atoms with van der Waals surface area (Å²) >= 11 is 0. The van der Waals surface area contributed by atoms with Crippen molar-refractivity contribution in [1.82, 2.24) is 5.32 Å². The number of carbonyl (C=O) groups excluding carboxylic acids is 1. The molecule has 3 heteroatoms. The third-order valence-corrected chi connectivity index (χ3v) is 3.67.